The van der Waals surface area contributed by atoms with Crippen LogP contribution >= 0.6 is 0 Å². The molecule has 0 spiro atoms. The molecule has 2 aliphatic heterocycles. The van der Waals surface area contributed by atoms with E-state index in [1.165, 1.54) is 57.5 Å². The van der Waals surface area contributed by atoms with Crippen molar-refractivity contribution in [2.45, 2.75) is 31.7 Å². The minimum atomic E-state index is 0.798. The smallest absolute Gasteiger partial charge is 0.0366 e. The van der Waals surface area contributed by atoms with Gasteiger partial charge in [-0.1, -0.05) is 18.2 Å². The normalized spacial score (nSPS) is 26.4. The van der Waals surface area contributed by atoms with Gasteiger partial charge in [0, 0.05) is 24.8 Å². The molecule has 1 aromatic rings. The first kappa shape index (κ1) is 11.1. The molecule has 2 saturated heterocycles. The van der Waals surface area contributed by atoms with Gasteiger partial charge in [0.2, 0.25) is 0 Å². The van der Waals surface area contributed by atoms with Gasteiger partial charge >= 0.3 is 0 Å². The van der Waals surface area contributed by atoms with Gasteiger partial charge in [-0.25, -0.2) is 0 Å². The number of nitrogens with zero attached hydrogens (tertiary/aromatic N) is 2. The summed E-state index contributed by atoms with van der Waals surface area (Å²) in [6.07, 6.45) is 5.54. The van der Waals surface area contributed by atoms with Crippen molar-refractivity contribution < 1.29 is 0 Å². The fourth-order valence-corrected chi connectivity index (χ4v) is 3.23. The number of anilines is 1. The average Bonchev–Trinajstić information content (AvgIpc) is 2.94. The molecule has 0 N–H and O–H groups in total. The largest absolute Gasteiger partial charge is 0.370 e. The monoisotopic (exact) mass is 230 g/mol. The second kappa shape index (κ2) is 5.09. The van der Waals surface area contributed by atoms with Crippen molar-refractivity contribution in [1.29, 1.82) is 0 Å². The first-order valence-electron chi connectivity index (χ1n) is 6.97. The van der Waals surface area contributed by atoms with Gasteiger partial charge in [-0.15, -0.1) is 0 Å². The number of hydrogen-bond acceptors (Lipinski definition) is 2. The Labute approximate surface area is 104 Å². The fraction of sp³-hybridized carbons (Fsp3) is 0.600. The summed E-state index contributed by atoms with van der Waals surface area (Å²) < 4.78 is 0. The number of piperidine rings is 1. The third kappa shape index (κ3) is 2.47. The lowest BCUT2D eigenvalue weighted by atomic mass is 10.0. The third-order valence-electron chi connectivity index (χ3n) is 4.17. The van der Waals surface area contributed by atoms with E-state index in [-0.39, 0.29) is 0 Å². The van der Waals surface area contributed by atoms with E-state index in [0.717, 1.165) is 6.04 Å². The second-order valence-electron chi connectivity index (χ2n) is 5.32. The SMILES string of the molecule is c1ccc(N2CCCC(N3CCCC3)C2)cc1. The van der Waals surface area contributed by atoms with Crippen molar-refractivity contribution in [3.63, 3.8) is 0 Å². The van der Waals surface area contributed by atoms with E-state index in [9.17, 15) is 0 Å². The molecule has 0 saturated carbocycles. The molecule has 2 nitrogen and oxygen atoms in total. The summed E-state index contributed by atoms with van der Waals surface area (Å²) in [6.45, 7) is 5.11. The summed E-state index contributed by atoms with van der Waals surface area (Å²) in [7, 11) is 0. The Bertz CT molecular complexity index is 343. The van der Waals surface area contributed by atoms with Crippen molar-refractivity contribution in [1.82, 2.24) is 4.90 Å². The molecule has 2 heteroatoms. The van der Waals surface area contributed by atoms with Gasteiger partial charge in [-0.2, -0.15) is 0 Å². The van der Waals surface area contributed by atoms with Crippen LogP contribution in [0.2, 0.25) is 0 Å². The minimum absolute atomic E-state index is 0.798. The van der Waals surface area contributed by atoms with E-state index in [1.54, 1.807) is 0 Å². The number of hydrogen-bond donors (Lipinski definition) is 0. The minimum Gasteiger partial charge on any atom is -0.370 e. The van der Waals surface area contributed by atoms with Gasteiger partial charge in [0.05, 0.1) is 0 Å². The zero-order valence-corrected chi connectivity index (χ0v) is 10.5. The van der Waals surface area contributed by atoms with Crippen LogP contribution in [0, 0.1) is 0 Å². The predicted octanol–water partition coefficient (Wildman–Crippen LogP) is 2.75. The highest BCUT2D eigenvalue weighted by molar-refractivity contribution is 5.46. The maximum atomic E-state index is 2.70. The summed E-state index contributed by atoms with van der Waals surface area (Å²) >= 11 is 0. The van der Waals surface area contributed by atoms with Crippen LogP contribution < -0.4 is 4.90 Å². The van der Waals surface area contributed by atoms with Gasteiger partial charge in [-0.3, -0.25) is 4.90 Å². The number of likely N-dealkylation sites (tertiary alicyclic amines) is 1. The van der Waals surface area contributed by atoms with Crippen molar-refractivity contribution >= 4 is 5.69 Å². The number of para-hydroxylation sites is 1. The fourth-order valence-electron chi connectivity index (χ4n) is 3.23. The molecule has 17 heavy (non-hydrogen) atoms. The number of rotatable bonds is 2. The van der Waals surface area contributed by atoms with Gasteiger partial charge in [0.1, 0.15) is 0 Å². The summed E-state index contributed by atoms with van der Waals surface area (Å²) in [6, 6.07) is 11.7. The van der Waals surface area contributed by atoms with Gasteiger partial charge in [0.15, 0.2) is 0 Å². The summed E-state index contributed by atoms with van der Waals surface area (Å²) in [4.78, 5) is 5.27. The van der Waals surface area contributed by atoms with Crippen LogP contribution in [0.5, 0.6) is 0 Å². The van der Waals surface area contributed by atoms with Crippen molar-refractivity contribution in [3.05, 3.63) is 30.3 Å². The quantitative estimate of drug-likeness (QED) is 0.771. The molecule has 0 aliphatic carbocycles. The molecule has 0 radical (unpaired) electrons. The maximum absolute atomic E-state index is 2.70. The lowest BCUT2D eigenvalue weighted by Gasteiger charge is -2.38. The molecular weight excluding hydrogens is 208 g/mol. The van der Waals surface area contributed by atoms with Crippen molar-refractivity contribution in [2.75, 3.05) is 31.1 Å². The maximum Gasteiger partial charge on any atom is 0.0366 e. The molecule has 1 aromatic carbocycles. The highest BCUT2D eigenvalue weighted by atomic mass is 15.2. The summed E-state index contributed by atoms with van der Waals surface area (Å²) in [5, 5.41) is 0. The molecule has 0 amide bonds. The molecule has 92 valence electrons. The third-order valence-corrected chi connectivity index (χ3v) is 4.17. The molecule has 0 aromatic heterocycles. The Morgan fingerprint density at radius 3 is 2.41 bits per heavy atom. The van der Waals surface area contributed by atoms with E-state index >= 15 is 0 Å². The van der Waals surface area contributed by atoms with Crippen LogP contribution in [0.4, 0.5) is 5.69 Å². The highest BCUT2D eigenvalue weighted by Crippen LogP contribution is 2.24. The molecular formula is C15H22N2. The van der Waals surface area contributed by atoms with Gasteiger partial charge in [0.25, 0.3) is 0 Å². The van der Waals surface area contributed by atoms with Crippen LogP contribution in [0.3, 0.4) is 0 Å². The van der Waals surface area contributed by atoms with Crippen LogP contribution in [0.25, 0.3) is 0 Å². The standard InChI is InChI=1S/C15H22N2/c1-2-7-14(8-3-1)17-12-6-9-15(13-17)16-10-4-5-11-16/h1-3,7-8,15H,4-6,9-13H2. The molecule has 3 rings (SSSR count). The molecule has 1 unspecified atom stereocenters. The molecule has 2 heterocycles. The van der Waals surface area contributed by atoms with Crippen LogP contribution in [0.1, 0.15) is 25.7 Å². The molecule has 0 bridgehead atoms. The topological polar surface area (TPSA) is 6.48 Å². The Morgan fingerprint density at radius 1 is 0.882 bits per heavy atom. The lowest BCUT2D eigenvalue weighted by molar-refractivity contribution is 0.215. The zero-order chi connectivity index (χ0) is 11.5. The summed E-state index contributed by atoms with van der Waals surface area (Å²) in [5.74, 6) is 0. The van der Waals surface area contributed by atoms with Gasteiger partial charge < -0.3 is 4.90 Å². The van der Waals surface area contributed by atoms with Gasteiger partial charge in [-0.05, 0) is 50.9 Å². The van der Waals surface area contributed by atoms with E-state index in [4.69, 9.17) is 0 Å². The van der Waals surface area contributed by atoms with E-state index in [2.05, 4.69) is 40.1 Å². The second-order valence-corrected chi connectivity index (χ2v) is 5.32. The lowest BCUT2D eigenvalue weighted by Crippen LogP contribution is -2.47. The van der Waals surface area contributed by atoms with Crippen LogP contribution in [-0.4, -0.2) is 37.1 Å². The van der Waals surface area contributed by atoms with Crippen molar-refractivity contribution in [2.24, 2.45) is 0 Å². The molecule has 2 aliphatic rings. The Kier molecular flexibility index (Phi) is 3.32. The molecule has 2 fully saturated rings. The van der Waals surface area contributed by atoms with E-state index in [1.807, 2.05) is 0 Å². The predicted molar refractivity (Wildman–Crippen MR) is 72.5 cm³/mol. The van der Waals surface area contributed by atoms with E-state index < -0.39 is 0 Å². The Hall–Kier alpha value is -1.02. The van der Waals surface area contributed by atoms with E-state index in [0.29, 0.717) is 0 Å². The average molecular weight is 230 g/mol. The highest BCUT2D eigenvalue weighted by Gasteiger charge is 2.26. The Morgan fingerprint density at radius 2 is 1.65 bits per heavy atom. The summed E-state index contributed by atoms with van der Waals surface area (Å²) in [5.41, 5.74) is 1.40. The van der Waals surface area contributed by atoms with Crippen molar-refractivity contribution in [3.8, 4) is 0 Å². The van der Waals surface area contributed by atoms with Crippen LogP contribution in [0.15, 0.2) is 30.3 Å². The Balaban J connectivity index is 1.67. The molecule has 1 atom stereocenters. The van der Waals surface area contributed by atoms with Crippen LogP contribution in [-0.2, 0) is 0 Å². The zero-order valence-electron chi connectivity index (χ0n) is 10.5. The first-order chi connectivity index (χ1) is 8.43. The first-order valence-corrected chi connectivity index (χ1v) is 6.97. The number of benzene rings is 1.